The summed E-state index contributed by atoms with van der Waals surface area (Å²) in [6, 6.07) is 5.52. The second-order valence-corrected chi connectivity index (χ2v) is 5.18. The normalized spacial score (nSPS) is 16.3. The summed E-state index contributed by atoms with van der Waals surface area (Å²) in [5.74, 6) is -0.0673. The number of carbonyl (C=O) groups excluding carboxylic acids is 1. The summed E-state index contributed by atoms with van der Waals surface area (Å²) in [4.78, 5) is 18.6. The fraction of sp³-hybridized carbons (Fsp3) is 0.600. The molecule has 0 aromatic carbocycles. The molecule has 0 atom stereocenters. The molecule has 1 fully saturated rings. The van der Waals surface area contributed by atoms with Crippen molar-refractivity contribution in [1.29, 1.82) is 0 Å². The van der Waals surface area contributed by atoms with E-state index < -0.39 is 0 Å². The summed E-state index contributed by atoms with van der Waals surface area (Å²) < 4.78 is 0. The number of amides is 1. The maximum atomic E-state index is 11.9. The minimum Gasteiger partial charge on any atom is -0.351 e. The number of nitrogens with zero attached hydrogens (tertiary/aromatic N) is 2. The van der Waals surface area contributed by atoms with Gasteiger partial charge in [-0.05, 0) is 58.0 Å². The lowest BCUT2D eigenvalue weighted by molar-refractivity contribution is 0.0946. The van der Waals surface area contributed by atoms with Gasteiger partial charge in [-0.1, -0.05) is 12.5 Å². The van der Waals surface area contributed by atoms with E-state index in [1.54, 1.807) is 6.07 Å². The number of pyridine rings is 1. The Hall–Kier alpha value is -1.42. The van der Waals surface area contributed by atoms with Gasteiger partial charge in [0, 0.05) is 12.2 Å². The van der Waals surface area contributed by atoms with Gasteiger partial charge in [0.25, 0.3) is 5.91 Å². The van der Waals surface area contributed by atoms with Crippen molar-refractivity contribution in [2.75, 3.05) is 26.2 Å². The number of piperidine rings is 1. The van der Waals surface area contributed by atoms with E-state index in [-0.39, 0.29) is 5.91 Å². The van der Waals surface area contributed by atoms with Crippen LogP contribution in [0.1, 0.15) is 41.9 Å². The summed E-state index contributed by atoms with van der Waals surface area (Å²) in [5, 5.41) is 2.94. The van der Waals surface area contributed by atoms with E-state index in [2.05, 4.69) is 15.2 Å². The molecule has 4 nitrogen and oxygen atoms in total. The first-order chi connectivity index (χ1) is 9.25. The SMILES string of the molecule is Cc1cccc(C(=O)NCCCN2CCCCC2)n1. The van der Waals surface area contributed by atoms with Crippen molar-refractivity contribution in [3.63, 3.8) is 0 Å². The minimum absolute atomic E-state index is 0.0673. The first kappa shape index (κ1) is 14.0. The predicted octanol–water partition coefficient (Wildman–Crippen LogP) is 2.00. The first-order valence-corrected chi connectivity index (χ1v) is 7.20. The monoisotopic (exact) mass is 261 g/mol. The third-order valence-corrected chi connectivity index (χ3v) is 3.51. The molecule has 2 heterocycles. The number of carbonyl (C=O) groups is 1. The Balaban J connectivity index is 1.66. The van der Waals surface area contributed by atoms with Crippen molar-refractivity contribution >= 4 is 5.91 Å². The van der Waals surface area contributed by atoms with Crippen LogP contribution in [0, 0.1) is 6.92 Å². The Morgan fingerprint density at radius 3 is 2.84 bits per heavy atom. The van der Waals surface area contributed by atoms with Gasteiger partial charge in [-0.3, -0.25) is 4.79 Å². The van der Waals surface area contributed by atoms with Crippen LogP contribution in [0.5, 0.6) is 0 Å². The van der Waals surface area contributed by atoms with Gasteiger partial charge < -0.3 is 10.2 Å². The number of rotatable bonds is 5. The lowest BCUT2D eigenvalue weighted by Gasteiger charge is -2.26. The molecule has 1 aromatic rings. The fourth-order valence-electron chi connectivity index (χ4n) is 2.45. The number of nitrogens with one attached hydrogen (secondary N) is 1. The van der Waals surface area contributed by atoms with Crippen LogP contribution in [0.15, 0.2) is 18.2 Å². The van der Waals surface area contributed by atoms with Gasteiger partial charge in [0.2, 0.25) is 0 Å². The van der Waals surface area contributed by atoms with Crippen molar-refractivity contribution < 1.29 is 4.79 Å². The van der Waals surface area contributed by atoms with Crippen LogP contribution < -0.4 is 5.32 Å². The van der Waals surface area contributed by atoms with Gasteiger partial charge in [0.15, 0.2) is 0 Å². The van der Waals surface area contributed by atoms with Crippen LogP contribution in [0.25, 0.3) is 0 Å². The van der Waals surface area contributed by atoms with Gasteiger partial charge >= 0.3 is 0 Å². The zero-order valence-corrected chi connectivity index (χ0v) is 11.7. The summed E-state index contributed by atoms with van der Waals surface area (Å²) in [6.07, 6.45) is 5.02. The van der Waals surface area contributed by atoms with Crippen molar-refractivity contribution in [3.05, 3.63) is 29.6 Å². The summed E-state index contributed by atoms with van der Waals surface area (Å²) in [6.45, 7) is 6.14. The quantitative estimate of drug-likeness (QED) is 0.825. The lowest BCUT2D eigenvalue weighted by atomic mass is 10.1. The molecule has 0 unspecified atom stereocenters. The molecular weight excluding hydrogens is 238 g/mol. The highest BCUT2D eigenvalue weighted by Gasteiger charge is 2.10. The molecule has 2 rings (SSSR count). The number of aromatic nitrogens is 1. The molecule has 0 spiro atoms. The maximum absolute atomic E-state index is 11.9. The lowest BCUT2D eigenvalue weighted by Crippen LogP contribution is -2.33. The predicted molar refractivity (Wildman–Crippen MR) is 76.2 cm³/mol. The molecule has 1 saturated heterocycles. The summed E-state index contributed by atoms with van der Waals surface area (Å²) in [7, 11) is 0. The van der Waals surface area contributed by atoms with Crippen LogP contribution in [0.3, 0.4) is 0 Å². The minimum atomic E-state index is -0.0673. The Bertz CT molecular complexity index is 414. The summed E-state index contributed by atoms with van der Waals surface area (Å²) in [5.41, 5.74) is 1.39. The number of likely N-dealkylation sites (tertiary alicyclic amines) is 1. The molecule has 4 heteroatoms. The fourth-order valence-corrected chi connectivity index (χ4v) is 2.45. The molecule has 0 aliphatic carbocycles. The number of hydrogen-bond acceptors (Lipinski definition) is 3. The van der Waals surface area contributed by atoms with Gasteiger partial charge in [-0.15, -0.1) is 0 Å². The van der Waals surface area contributed by atoms with Crippen LogP contribution in [-0.4, -0.2) is 42.0 Å². The van der Waals surface area contributed by atoms with E-state index in [0.29, 0.717) is 5.69 Å². The number of hydrogen-bond donors (Lipinski definition) is 1. The van der Waals surface area contributed by atoms with E-state index in [1.807, 2.05) is 19.1 Å². The molecule has 1 aliphatic heterocycles. The molecule has 0 bridgehead atoms. The molecule has 1 aromatic heterocycles. The van der Waals surface area contributed by atoms with Gasteiger partial charge in [0.1, 0.15) is 5.69 Å². The standard InChI is InChI=1S/C15H23N3O/c1-13-7-5-8-14(17-13)15(19)16-9-6-12-18-10-3-2-4-11-18/h5,7-8H,2-4,6,9-12H2,1H3,(H,16,19). The highest BCUT2D eigenvalue weighted by Crippen LogP contribution is 2.08. The van der Waals surface area contributed by atoms with Gasteiger partial charge in [-0.25, -0.2) is 4.98 Å². The van der Waals surface area contributed by atoms with E-state index >= 15 is 0 Å². The molecule has 19 heavy (non-hydrogen) atoms. The zero-order valence-electron chi connectivity index (χ0n) is 11.7. The van der Waals surface area contributed by atoms with Crippen molar-refractivity contribution in [2.24, 2.45) is 0 Å². The second-order valence-electron chi connectivity index (χ2n) is 5.18. The van der Waals surface area contributed by atoms with E-state index in [0.717, 1.165) is 25.2 Å². The maximum Gasteiger partial charge on any atom is 0.269 e. The van der Waals surface area contributed by atoms with Crippen LogP contribution in [-0.2, 0) is 0 Å². The Morgan fingerprint density at radius 1 is 1.32 bits per heavy atom. The van der Waals surface area contributed by atoms with Crippen molar-refractivity contribution in [3.8, 4) is 0 Å². The van der Waals surface area contributed by atoms with Crippen molar-refractivity contribution in [1.82, 2.24) is 15.2 Å². The van der Waals surface area contributed by atoms with Gasteiger partial charge in [-0.2, -0.15) is 0 Å². The molecule has 104 valence electrons. The second kappa shape index (κ2) is 7.24. The largest absolute Gasteiger partial charge is 0.351 e. The average Bonchev–Trinajstić information content (AvgIpc) is 2.44. The topological polar surface area (TPSA) is 45.2 Å². The third-order valence-electron chi connectivity index (χ3n) is 3.51. The smallest absolute Gasteiger partial charge is 0.269 e. The first-order valence-electron chi connectivity index (χ1n) is 7.20. The van der Waals surface area contributed by atoms with Gasteiger partial charge in [0.05, 0.1) is 0 Å². The molecule has 0 radical (unpaired) electrons. The van der Waals surface area contributed by atoms with Crippen LogP contribution in [0.4, 0.5) is 0 Å². The zero-order chi connectivity index (χ0) is 13.5. The Morgan fingerprint density at radius 2 is 2.11 bits per heavy atom. The Kier molecular flexibility index (Phi) is 5.33. The number of aryl methyl sites for hydroxylation is 1. The Labute approximate surface area is 115 Å². The van der Waals surface area contributed by atoms with Crippen LogP contribution in [0.2, 0.25) is 0 Å². The highest BCUT2D eigenvalue weighted by atomic mass is 16.1. The van der Waals surface area contributed by atoms with Crippen LogP contribution >= 0.6 is 0 Å². The summed E-state index contributed by atoms with van der Waals surface area (Å²) >= 11 is 0. The molecule has 0 saturated carbocycles. The molecule has 1 aliphatic rings. The van der Waals surface area contributed by atoms with Crippen molar-refractivity contribution in [2.45, 2.75) is 32.6 Å². The average molecular weight is 261 g/mol. The molecule has 1 amide bonds. The highest BCUT2D eigenvalue weighted by molar-refractivity contribution is 5.92. The molecular formula is C15H23N3O. The third kappa shape index (κ3) is 4.63. The van der Waals surface area contributed by atoms with E-state index in [9.17, 15) is 4.79 Å². The van der Waals surface area contributed by atoms with E-state index in [4.69, 9.17) is 0 Å². The van der Waals surface area contributed by atoms with E-state index in [1.165, 1.54) is 32.4 Å². The molecule has 1 N–H and O–H groups in total.